The van der Waals surface area contributed by atoms with Gasteiger partial charge in [-0.1, -0.05) is 32.3 Å². The van der Waals surface area contributed by atoms with Crippen molar-refractivity contribution in [2.75, 3.05) is 27.1 Å². The van der Waals surface area contributed by atoms with Crippen molar-refractivity contribution in [1.29, 1.82) is 0 Å². The fourth-order valence-electron chi connectivity index (χ4n) is 2.31. The van der Waals surface area contributed by atoms with E-state index >= 15 is 0 Å². The van der Waals surface area contributed by atoms with Gasteiger partial charge in [0.15, 0.2) is 11.5 Å². The molecule has 1 heterocycles. The molecule has 0 aromatic heterocycles. The van der Waals surface area contributed by atoms with Crippen LogP contribution in [0.4, 0.5) is 0 Å². The molecule has 1 atom stereocenters. The largest absolute Gasteiger partial charge is 0.454 e. The topological polar surface area (TPSA) is 39.7 Å². The molecule has 0 fully saturated rings. The first-order valence-corrected chi connectivity index (χ1v) is 7.49. The molecule has 0 amide bonds. The van der Waals surface area contributed by atoms with Gasteiger partial charge in [-0.15, -0.1) is 0 Å². The molecular weight excluding hydrogens is 254 g/mol. The molecule has 2 rings (SSSR count). The molecule has 0 aliphatic carbocycles. The Morgan fingerprint density at radius 1 is 1.20 bits per heavy atom. The van der Waals surface area contributed by atoms with E-state index in [1.807, 2.05) is 19.2 Å². The van der Waals surface area contributed by atoms with E-state index in [0.717, 1.165) is 24.5 Å². The van der Waals surface area contributed by atoms with Crippen LogP contribution in [0.2, 0.25) is 0 Å². The molecule has 1 N–H and O–H groups in total. The second-order valence-corrected chi connectivity index (χ2v) is 5.09. The van der Waals surface area contributed by atoms with Gasteiger partial charge in [0.1, 0.15) is 0 Å². The van der Waals surface area contributed by atoms with Crippen LogP contribution < -0.4 is 14.8 Å². The Hall–Kier alpha value is -1.26. The number of unbranched alkanes of at least 4 members (excludes halogenated alkanes) is 3. The lowest BCUT2D eigenvalue weighted by Crippen LogP contribution is -2.22. The van der Waals surface area contributed by atoms with Crippen LogP contribution in [0.25, 0.3) is 0 Å². The van der Waals surface area contributed by atoms with E-state index < -0.39 is 0 Å². The zero-order valence-corrected chi connectivity index (χ0v) is 12.5. The standard InChI is InChI=1S/C16H25NO3/c1-3-4-5-6-9-18-11-14(17-2)13-7-8-15-16(10-13)20-12-19-15/h7-8,10,14,17H,3-6,9,11-12H2,1-2H3. The molecule has 0 saturated carbocycles. The first kappa shape index (κ1) is 15.1. The third-order valence-electron chi connectivity index (χ3n) is 3.57. The Balaban J connectivity index is 1.79. The van der Waals surface area contributed by atoms with Crippen LogP contribution in [0, 0.1) is 0 Å². The minimum atomic E-state index is 0.190. The van der Waals surface area contributed by atoms with Gasteiger partial charge in [0, 0.05) is 6.61 Å². The number of ether oxygens (including phenoxy) is 3. The SMILES string of the molecule is CCCCCCOCC(NC)c1ccc2c(c1)OCO2. The van der Waals surface area contributed by atoms with E-state index in [1.165, 1.54) is 24.8 Å². The highest BCUT2D eigenvalue weighted by atomic mass is 16.7. The van der Waals surface area contributed by atoms with Crippen molar-refractivity contribution < 1.29 is 14.2 Å². The van der Waals surface area contributed by atoms with Crippen molar-refractivity contribution in [2.45, 2.75) is 38.6 Å². The monoisotopic (exact) mass is 279 g/mol. The average Bonchev–Trinajstić information content (AvgIpc) is 2.94. The van der Waals surface area contributed by atoms with E-state index in [9.17, 15) is 0 Å². The Labute approximate surface area is 121 Å². The zero-order chi connectivity index (χ0) is 14.2. The smallest absolute Gasteiger partial charge is 0.231 e. The van der Waals surface area contributed by atoms with Gasteiger partial charge in [0.25, 0.3) is 0 Å². The highest BCUT2D eigenvalue weighted by Gasteiger charge is 2.17. The highest BCUT2D eigenvalue weighted by molar-refractivity contribution is 5.45. The molecule has 20 heavy (non-hydrogen) atoms. The summed E-state index contributed by atoms with van der Waals surface area (Å²) in [7, 11) is 1.95. The molecule has 1 aromatic rings. The Bertz CT molecular complexity index is 409. The van der Waals surface area contributed by atoms with Crippen LogP contribution in [0.1, 0.15) is 44.2 Å². The summed E-state index contributed by atoms with van der Waals surface area (Å²) in [5.41, 5.74) is 1.17. The summed E-state index contributed by atoms with van der Waals surface area (Å²) in [6.07, 6.45) is 4.95. The Morgan fingerprint density at radius 2 is 2.05 bits per heavy atom. The minimum Gasteiger partial charge on any atom is -0.454 e. The number of likely N-dealkylation sites (N-methyl/N-ethyl adjacent to an activating group) is 1. The first-order chi connectivity index (χ1) is 9.85. The van der Waals surface area contributed by atoms with Gasteiger partial charge in [0.2, 0.25) is 6.79 Å². The first-order valence-electron chi connectivity index (χ1n) is 7.49. The van der Waals surface area contributed by atoms with Crippen LogP contribution in [-0.2, 0) is 4.74 Å². The second-order valence-electron chi connectivity index (χ2n) is 5.09. The van der Waals surface area contributed by atoms with Gasteiger partial charge in [-0.2, -0.15) is 0 Å². The average molecular weight is 279 g/mol. The van der Waals surface area contributed by atoms with Crippen LogP contribution in [0.15, 0.2) is 18.2 Å². The quantitative estimate of drug-likeness (QED) is 0.704. The van der Waals surface area contributed by atoms with Gasteiger partial charge in [-0.3, -0.25) is 0 Å². The van der Waals surface area contributed by atoms with Gasteiger partial charge >= 0.3 is 0 Å². The van der Waals surface area contributed by atoms with Gasteiger partial charge in [-0.25, -0.2) is 0 Å². The maximum Gasteiger partial charge on any atom is 0.231 e. The van der Waals surface area contributed by atoms with Crippen LogP contribution in [0.5, 0.6) is 11.5 Å². The van der Waals surface area contributed by atoms with Gasteiger partial charge in [0.05, 0.1) is 12.6 Å². The Morgan fingerprint density at radius 3 is 2.85 bits per heavy atom. The molecule has 0 radical (unpaired) electrons. The van der Waals surface area contributed by atoms with Crippen molar-refractivity contribution in [3.8, 4) is 11.5 Å². The fraction of sp³-hybridized carbons (Fsp3) is 0.625. The molecule has 4 heteroatoms. The lowest BCUT2D eigenvalue weighted by molar-refractivity contribution is 0.110. The summed E-state index contributed by atoms with van der Waals surface area (Å²) in [4.78, 5) is 0. The van der Waals surface area contributed by atoms with Crippen LogP contribution >= 0.6 is 0 Å². The predicted molar refractivity (Wildman–Crippen MR) is 79.3 cm³/mol. The summed E-state index contributed by atoms with van der Waals surface area (Å²) < 4.78 is 16.5. The molecule has 1 aliphatic heterocycles. The molecule has 4 nitrogen and oxygen atoms in total. The summed E-state index contributed by atoms with van der Waals surface area (Å²) >= 11 is 0. The molecule has 0 spiro atoms. The highest BCUT2D eigenvalue weighted by Crippen LogP contribution is 2.34. The van der Waals surface area contributed by atoms with Crippen molar-refractivity contribution in [1.82, 2.24) is 5.32 Å². The molecule has 1 unspecified atom stereocenters. The lowest BCUT2D eigenvalue weighted by atomic mass is 10.1. The van der Waals surface area contributed by atoms with Crippen molar-refractivity contribution >= 4 is 0 Å². The maximum atomic E-state index is 5.77. The number of benzene rings is 1. The van der Waals surface area contributed by atoms with E-state index in [2.05, 4.69) is 18.3 Å². The number of hydrogen-bond donors (Lipinski definition) is 1. The normalized spacial score (nSPS) is 14.5. The van der Waals surface area contributed by atoms with Gasteiger partial charge < -0.3 is 19.5 Å². The van der Waals surface area contributed by atoms with Crippen LogP contribution in [0.3, 0.4) is 0 Å². The zero-order valence-electron chi connectivity index (χ0n) is 12.5. The number of hydrogen-bond acceptors (Lipinski definition) is 4. The molecule has 0 saturated heterocycles. The predicted octanol–water partition coefficient (Wildman–Crippen LogP) is 3.27. The van der Waals surface area contributed by atoms with E-state index in [0.29, 0.717) is 13.4 Å². The van der Waals surface area contributed by atoms with E-state index in [1.54, 1.807) is 0 Å². The van der Waals surface area contributed by atoms with E-state index in [-0.39, 0.29) is 6.04 Å². The molecular formula is C16H25NO3. The fourth-order valence-corrected chi connectivity index (χ4v) is 2.31. The summed E-state index contributed by atoms with van der Waals surface area (Å²) in [6.45, 7) is 4.06. The third kappa shape index (κ3) is 4.12. The number of nitrogens with one attached hydrogen (secondary N) is 1. The van der Waals surface area contributed by atoms with Crippen molar-refractivity contribution in [2.24, 2.45) is 0 Å². The summed E-state index contributed by atoms with van der Waals surface area (Å²) in [5.74, 6) is 1.65. The third-order valence-corrected chi connectivity index (χ3v) is 3.57. The Kier molecular flexibility index (Phi) is 6.15. The number of rotatable bonds is 9. The molecule has 1 aromatic carbocycles. The van der Waals surface area contributed by atoms with Crippen molar-refractivity contribution in [3.05, 3.63) is 23.8 Å². The minimum absolute atomic E-state index is 0.190. The van der Waals surface area contributed by atoms with Gasteiger partial charge in [-0.05, 0) is 31.2 Å². The molecule has 1 aliphatic rings. The maximum absolute atomic E-state index is 5.77. The summed E-state index contributed by atoms with van der Waals surface area (Å²) in [5, 5.41) is 3.29. The number of fused-ring (bicyclic) bond motifs is 1. The molecule has 0 bridgehead atoms. The second kappa shape index (κ2) is 8.12. The summed E-state index contributed by atoms with van der Waals surface area (Å²) in [6, 6.07) is 6.25. The van der Waals surface area contributed by atoms with E-state index in [4.69, 9.17) is 14.2 Å². The van der Waals surface area contributed by atoms with Crippen LogP contribution in [-0.4, -0.2) is 27.1 Å². The van der Waals surface area contributed by atoms with Crippen molar-refractivity contribution in [3.63, 3.8) is 0 Å². The molecule has 112 valence electrons. The lowest BCUT2D eigenvalue weighted by Gasteiger charge is -2.17.